The van der Waals surface area contributed by atoms with Crippen molar-refractivity contribution in [3.63, 3.8) is 0 Å². The Labute approximate surface area is 79.7 Å². The summed E-state index contributed by atoms with van der Waals surface area (Å²) in [5.41, 5.74) is 0.665. The minimum atomic E-state index is 0.663. The van der Waals surface area contributed by atoms with E-state index >= 15 is 0 Å². The summed E-state index contributed by atoms with van der Waals surface area (Å²) in [6, 6.07) is 0. The van der Waals surface area contributed by atoms with E-state index in [2.05, 4.69) is 15.9 Å². The van der Waals surface area contributed by atoms with Crippen LogP contribution in [0.4, 0.5) is 0 Å². The van der Waals surface area contributed by atoms with Gasteiger partial charge in [-0.15, -0.1) is 0 Å². The first-order chi connectivity index (χ1) is 5.77. The van der Waals surface area contributed by atoms with E-state index in [4.69, 9.17) is 4.74 Å². The quantitative estimate of drug-likeness (QED) is 0.679. The van der Waals surface area contributed by atoms with Crippen molar-refractivity contribution in [2.45, 2.75) is 6.42 Å². The van der Waals surface area contributed by atoms with Gasteiger partial charge in [0.2, 0.25) is 0 Å². The Morgan fingerprint density at radius 2 is 2.33 bits per heavy atom. The molecule has 0 bridgehead atoms. The molecule has 0 aliphatic heterocycles. The molecular weight excluding hydrogens is 220 g/mol. The molecule has 12 heavy (non-hydrogen) atoms. The van der Waals surface area contributed by atoms with E-state index in [0.29, 0.717) is 12.0 Å². The molecule has 2 nitrogen and oxygen atoms in total. The van der Waals surface area contributed by atoms with Gasteiger partial charge in [0.1, 0.15) is 0 Å². The zero-order valence-electron chi connectivity index (χ0n) is 6.71. The highest BCUT2D eigenvalue weighted by Crippen LogP contribution is 2.21. The minimum absolute atomic E-state index is 0.663. The van der Waals surface area contributed by atoms with E-state index in [9.17, 15) is 4.79 Å². The third-order valence-corrected chi connectivity index (χ3v) is 2.33. The fraction of sp³-hybridized carbons (Fsp3) is 0.222. The van der Waals surface area contributed by atoms with Crippen LogP contribution >= 0.6 is 15.9 Å². The first-order valence-corrected chi connectivity index (χ1v) is 4.33. The van der Waals surface area contributed by atoms with Gasteiger partial charge in [0.15, 0.2) is 6.29 Å². The molecule has 0 saturated heterocycles. The Kier molecular flexibility index (Phi) is 3.29. The van der Waals surface area contributed by atoms with Gasteiger partial charge in [-0.2, -0.15) is 0 Å². The van der Waals surface area contributed by atoms with Crippen LogP contribution in [0.5, 0.6) is 0 Å². The molecule has 1 aliphatic carbocycles. The molecule has 64 valence electrons. The maximum absolute atomic E-state index is 10.5. The van der Waals surface area contributed by atoms with Gasteiger partial charge in [0.05, 0.1) is 12.9 Å². The molecular formula is C9H9BrO2. The Morgan fingerprint density at radius 1 is 1.58 bits per heavy atom. The van der Waals surface area contributed by atoms with Crippen molar-refractivity contribution in [1.29, 1.82) is 0 Å². The normalized spacial score (nSPS) is 17.0. The third kappa shape index (κ3) is 2.08. The number of hydrogen-bond donors (Lipinski definition) is 0. The first kappa shape index (κ1) is 9.26. The van der Waals surface area contributed by atoms with Gasteiger partial charge in [-0.05, 0) is 12.2 Å². The highest BCUT2D eigenvalue weighted by atomic mass is 79.9. The molecule has 0 atom stereocenters. The number of methoxy groups -OCH3 is 1. The second-order valence-corrected chi connectivity index (χ2v) is 3.19. The number of aldehydes is 1. The molecule has 1 rings (SSSR count). The second-order valence-electron chi connectivity index (χ2n) is 2.33. The van der Waals surface area contributed by atoms with Crippen LogP contribution in [0.2, 0.25) is 0 Å². The Bertz CT molecular complexity index is 274. The summed E-state index contributed by atoms with van der Waals surface area (Å²) >= 11 is 3.28. The van der Waals surface area contributed by atoms with Crippen LogP contribution in [0.25, 0.3) is 0 Å². The molecule has 0 heterocycles. The number of ether oxygens (including phenoxy) is 1. The van der Waals surface area contributed by atoms with E-state index < -0.39 is 0 Å². The maximum Gasteiger partial charge on any atom is 0.150 e. The number of carbonyl (C=O) groups is 1. The fourth-order valence-electron chi connectivity index (χ4n) is 0.894. The van der Waals surface area contributed by atoms with Crippen molar-refractivity contribution >= 4 is 22.2 Å². The second kappa shape index (κ2) is 4.26. The lowest BCUT2D eigenvalue weighted by Crippen LogP contribution is -1.84. The predicted molar refractivity (Wildman–Crippen MR) is 50.9 cm³/mol. The van der Waals surface area contributed by atoms with Crippen LogP contribution in [-0.4, -0.2) is 13.4 Å². The molecule has 0 fully saturated rings. The molecule has 0 aromatic rings. The third-order valence-electron chi connectivity index (χ3n) is 1.60. The van der Waals surface area contributed by atoms with Gasteiger partial charge >= 0.3 is 0 Å². The summed E-state index contributed by atoms with van der Waals surface area (Å²) in [6.07, 6.45) is 6.97. The Balaban J connectivity index is 2.90. The topological polar surface area (TPSA) is 26.3 Å². The minimum Gasteiger partial charge on any atom is -0.501 e. The van der Waals surface area contributed by atoms with E-state index in [-0.39, 0.29) is 0 Å². The lowest BCUT2D eigenvalue weighted by molar-refractivity contribution is -0.104. The van der Waals surface area contributed by atoms with Gasteiger partial charge in [-0.25, -0.2) is 0 Å². The van der Waals surface area contributed by atoms with Gasteiger partial charge in [-0.1, -0.05) is 22.0 Å². The molecule has 0 saturated carbocycles. The molecule has 1 aliphatic rings. The number of carbonyl (C=O) groups excluding carboxylic acids is 1. The first-order valence-electron chi connectivity index (χ1n) is 3.54. The maximum atomic E-state index is 10.5. The summed E-state index contributed by atoms with van der Waals surface area (Å²) in [7, 11) is 1.62. The summed E-state index contributed by atoms with van der Waals surface area (Å²) in [5, 5.41) is 0. The predicted octanol–water partition coefficient (Wildman–Crippen LogP) is 2.32. The number of hydrogen-bond acceptors (Lipinski definition) is 2. The summed E-state index contributed by atoms with van der Waals surface area (Å²) in [4.78, 5) is 10.5. The van der Waals surface area contributed by atoms with Crippen LogP contribution in [0, 0.1) is 0 Å². The van der Waals surface area contributed by atoms with Gasteiger partial charge in [-0.3, -0.25) is 4.79 Å². The summed E-state index contributed by atoms with van der Waals surface area (Å²) < 4.78 is 5.84. The SMILES string of the molecule is COC1=CC=C(Br)C(C=O)=CC1. The van der Waals surface area contributed by atoms with Crippen LogP contribution < -0.4 is 0 Å². The zero-order chi connectivity index (χ0) is 8.97. The Hall–Kier alpha value is -0.830. The zero-order valence-corrected chi connectivity index (χ0v) is 8.30. The van der Waals surface area contributed by atoms with Gasteiger partial charge in [0, 0.05) is 16.5 Å². The van der Waals surface area contributed by atoms with Crippen molar-refractivity contribution < 1.29 is 9.53 Å². The average molecular weight is 229 g/mol. The van der Waals surface area contributed by atoms with E-state index in [1.54, 1.807) is 7.11 Å². The summed E-state index contributed by atoms with van der Waals surface area (Å²) in [5.74, 6) is 0.851. The van der Waals surface area contributed by atoms with Crippen molar-refractivity contribution in [3.05, 3.63) is 34.0 Å². The Morgan fingerprint density at radius 3 is 2.92 bits per heavy atom. The molecule has 0 N–H and O–H groups in total. The lowest BCUT2D eigenvalue weighted by Gasteiger charge is -1.98. The van der Waals surface area contributed by atoms with Crippen LogP contribution in [-0.2, 0) is 9.53 Å². The van der Waals surface area contributed by atoms with E-state index in [1.165, 1.54) is 0 Å². The molecule has 0 amide bonds. The molecule has 3 heteroatoms. The highest BCUT2D eigenvalue weighted by molar-refractivity contribution is 9.12. The molecule has 0 radical (unpaired) electrons. The molecule has 0 aromatic carbocycles. The fourth-order valence-corrected chi connectivity index (χ4v) is 1.28. The monoisotopic (exact) mass is 228 g/mol. The van der Waals surface area contributed by atoms with E-state index in [0.717, 1.165) is 16.5 Å². The van der Waals surface area contributed by atoms with Crippen molar-refractivity contribution in [1.82, 2.24) is 0 Å². The molecule has 0 aromatic heterocycles. The van der Waals surface area contributed by atoms with Gasteiger partial charge < -0.3 is 4.74 Å². The summed E-state index contributed by atoms with van der Waals surface area (Å²) in [6.45, 7) is 0. The number of allylic oxidation sites excluding steroid dienone is 5. The lowest BCUT2D eigenvalue weighted by atomic mass is 10.2. The van der Waals surface area contributed by atoms with Crippen molar-refractivity contribution in [3.8, 4) is 0 Å². The van der Waals surface area contributed by atoms with Crippen molar-refractivity contribution in [2.75, 3.05) is 7.11 Å². The average Bonchev–Trinajstić information content (AvgIpc) is 2.27. The van der Waals surface area contributed by atoms with Crippen molar-refractivity contribution in [2.24, 2.45) is 0 Å². The molecule has 0 unspecified atom stereocenters. The van der Waals surface area contributed by atoms with Gasteiger partial charge in [0.25, 0.3) is 0 Å². The van der Waals surface area contributed by atoms with Crippen LogP contribution in [0.15, 0.2) is 34.0 Å². The standard InChI is InChI=1S/C9H9BrO2/c1-12-8-3-2-7(6-11)9(10)5-4-8/h2,4-6H,3H2,1H3. The van der Waals surface area contributed by atoms with Crippen LogP contribution in [0.3, 0.4) is 0 Å². The van der Waals surface area contributed by atoms with E-state index in [1.807, 2.05) is 18.2 Å². The van der Waals surface area contributed by atoms with Crippen LogP contribution in [0.1, 0.15) is 6.42 Å². The number of rotatable bonds is 2. The smallest absolute Gasteiger partial charge is 0.150 e. The largest absolute Gasteiger partial charge is 0.501 e. The highest BCUT2D eigenvalue weighted by Gasteiger charge is 2.04. The number of halogens is 1. The molecule has 0 spiro atoms.